The summed E-state index contributed by atoms with van der Waals surface area (Å²) in [5.41, 5.74) is 7.57. The van der Waals surface area contributed by atoms with Gasteiger partial charge in [-0.2, -0.15) is 0 Å². The van der Waals surface area contributed by atoms with Crippen LogP contribution >= 0.6 is 0 Å². The number of anilines is 3. The van der Waals surface area contributed by atoms with Crippen LogP contribution in [0.3, 0.4) is 0 Å². The molecule has 0 bridgehead atoms. The second-order valence-corrected chi connectivity index (χ2v) is 7.89. The lowest BCUT2D eigenvalue weighted by molar-refractivity contribution is 0.971. The largest absolute Gasteiger partial charge is 0.378 e. The molecule has 0 aliphatic heterocycles. The van der Waals surface area contributed by atoms with Gasteiger partial charge >= 0.3 is 0 Å². The third kappa shape index (κ3) is 8.78. The van der Waals surface area contributed by atoms with Crippen molar-refractivity contribution >= 4 is 17.1 Å². The van der Waals surface area contributed by atoms with E-state index in [1.165, 1.54) is 33.8 Å². The van der Waals surface area contributed by atoms with E-state index in [0.29, 0.717) is 0 Å². The summed E-state index contributed by atoms with van der Waals surface area (Å²) in [4.78, 5) is 6.41. The van der Waals surface area contributed by atoms with E-state index in [9.17, 15) is 0 Å². The van der Waals surface area contributed by atoms with E-state index in [4.69, 9.17) is 0 Å². The van der Waals surface area contributed by atoms with Crippen molar-refractivity contribution in [3.8, 4) is 0 Å². The van der Waals surface area contributed by atoms with Crippen molar-refractivity contribution in [3.05, 3.63) is 89.5 Å². The number of rotatable bonds is 6. The van der Waals surface area contributed by atoms with E-state index < -0.39 is 0 Å². The highest BCUT2D eigenvalue weighted by Gasteiger charge is 2.17. The van der Waals surface area contributed by atoms with Crippen molar-refractivity contribution < 1.29 is 0 Å². The Morgan fingerprint density at radius 3 is 0.676 bits per heavy atom. The number of benzene rings is 3. The second-order valence-electron chi connectivity index (χ2n) is 7.89. The van der Waals surface area contributed by atoms with Crippen LogP contribution in [0.1, 0.15) is 64.2 Å². The summed E-state index contributed by atoms with van der Waals surface area (Å²) in [6.07, 6.45) is 0. The van der Waals surface area contributed by atoms with E-state index in [1.807, 2.05) is 41.5 Å². The number of nitrogens with zero attached hydrogens (tertiary/aromatic N) is 3. The van der Waals surface area contributed by atoms with Crippen LogP contribution in [0.5, 0.6) is 0 Å². The molecule has 0 unspecified atom stereocenters. The highest BCUT2D eigenvalue weighted by molar-refractivity contribution is 5.55. The maximum atomic E-state index is 2.25. The Morgan fingerprint density at radius 1 is 0.353 bits per heavy atom. The molecule has 34 heavy (non-hydrogen) atoms. The van der Waals surface area contributed by atoms with Crippen molar-refractivity contribution in [2.24, 2.45) is 0 Å². The number of hydrogen-bond acceptors (Lipinski definition) is 3. The van der Waals surface area contributed by atoms with E-state index in [1.54, 1.807) is 0 Å². The molecule has 188 valence electrons. The van der Waals surface area contributed by atoms with Gasteiger partial charge in [-0.25, -0.2) is 0 Å². The van der Waals surface area contributed by atoms with Crippen molar-refractivity contribution in [1.82, 2.24) is 0 Å². The minimum Gasteiger partial charge on any atom is -0.378 e. The summed E-state index contributed by atoms with van der Waals surface area (Å²) in [6.45, 7) is 12.0. The molecule has 0 saturated heterocycles. The van der Waals surface area contributed by atoms with Gasteiger partial charge < -0.3 is 14.7 Å². The predicted molar refractivity (Wildman–Crippen MR) is 157 cm³/mol. The van der Waals surface area contributed by atoms with Crippen LogP contribution in [-0.4, -0.2) is 42.3 Å². The Morgan fingerprint density at radius 2 is 0.529 bits per heavy atom. The minimum absolute atomic E-state index is 0.212. The van der Waals surface area contributed by atoms with E-state index in [-0.39, 0.29) is 5.92 Å². The van der Waals surface area contributed by atoms with Crippen LogP contribution in [-0.2, 0) is 0 Å². The summed E-state index contributed by atoms with van der Waals surface area (Å²) in [5, 5.41) is 0. The van der Waals surface area contributed by atoms with Gasteiger partial charge in [0, 0.05) is 65.3 Å². The van der Waals surface area contributed by atoms with Gasteiger partial charge in [0.2, 0.25) is 0 Å². The molecule has 0 aliphatic carbocycles. The molecule has 0 radical (unpaired) electrons. The van der Waals surface area contributed by atoms with Gasteiger partial charge in [0.1, 0.15) is 0 Å². The fraction of sp³-hybridized carbons (Fsp3) is 0.419. The second kappa shape index (κ2) is 16.6. The first-order valence-electron chi connectivity index (χ1n) is 12.7. The summed E-state index contributed by atoms with van der Waals surface area (Å²) in [6, 6.07) is 26.7. The molecule has 0 saturated carbocycles. The minimum atomic E-state index is 0.212. The van der Waals surface area contributed by atoms with Crippen LogP contribution in [0, 0.1) is 0 Å². The first-order valence-corrected chi connectivity index (χ1v) is 12.7. The quantitative estimate of drug-likeness (QED) is 0.342. The Kier molecular flexibility index (Phi) is 15.2. The Hall–Kier alpha value is -2.94. The average molecular weight is 464 g/mol. The molecule has 3 aromatic carbocycles. The summed E-state index contributed by atoms with van der Waals surface area (Å²) >= 11 is 0. The van der Waals surface area contributed by atoms with E-state index >= 15 is 0 Å². The highest BCUT2D eigenvalue weighted by Crippen LogP contribution is 2.34. The maximum absolute atomic E-state index is 2.25. The van der Waals surface area contributed by atoms with Crippen LogP contribution in [0.15, 0.2) is 72.8 Å². The summed E-state index contributed by atoms with van der Waals surface area (Å²) in [5.74, 6) is 0.212. The molecule has 0 amide bonds. The van der Waals surface area contributed by atoms with Crippen LogP contribution in [0.2, 0.25) is 0 Å². The highest BCUT2D eigenvalue weighted by atomic mass is 15.1. The van der Waals surface area contributed by atoms with Gasteiger partial charge in [-0.15, -0.1) is 0 Å². The normalized spacial score (nSPS) is 9.44. The number of hydrogen-bond donors (Lipinski definition) is 0. The van der Waals surface area contributed by atoms with E-state index in [0.717, 1.165) is 0 Å². The van der Waals surface area contributed by atoms with E-state index in [2.05, 4.69) is 130 Å². The average Bonchev–Trinajstić information content (AvgIpc) is 2.89. The van der Waals surface area contributed by atoms with Crippen LogP contribution in [0.25, 0.3) is 0 Å². The molecule has 3 rings (SSSR count). The zero-order valence-corrected chi connectivity index (χ0v) is 23.8. The molecule has 0 fully saturated rings. The molecular formula is C31H49N3. The van der Waals surface area contributed by atoms with Gasteiger partial charge in [0.25, 0.3) is 0 Å². The maximum Gasteiger partial charge on any atom is 0.0361 e. The fourth-order valence-electron chi connectivity index (χ4n) is 3.47. The third-order valence-corrected chi connectivity index (χ3v) is 5.23. The molecular weight excluding hydrogens is 414 g/mol. The molecule has 0 atom stereocenters. The van der Waals surface area contributed by atoms with Crippen LogP contribution in [0.4, 0.5) is 17.1 Å². The topological polar surface area (TPSA) is 9.72 Å². The standard InChI is InChI=1S/C25H31N3.3C2H6/c1-26(2)22-13-7-19(8-14-22)25(20-9-15-23(16-10-20)27(3)4)21-11-17-24(18-12-21)28(5)6;3*1-2/h7-18,25H,1-6H3;3*1-2H3. The first kappa shape index (κ1) is 31.1. The molecule has 3 nitrogen and oxygen atoms in total. The Labute approximate surface area is 211 Å². The van der Waals surface area contributed by atoms with Crippen LogP contribution < -0.4 is 14.7 Å². The predicted octanol–water partition coefficient (Wildman–Crippen LogP) is 8.14. The van der Waals surface area contributed by atoms with Crippen molar-refractivity contribution in [2.75, 3.05) is 57.0 Å². The van der Waals surface area contributed by atoms with Gasteiger partial charge in [-0.3, -0.25) is 0 Å². The zero-order valence-electron chi connectivity index (χ0n) is 23.8. The molecule has 3 heteroatoms. The summed E-state index contributed by atoms with van der Waals surface area (Å²) in [7, 11) is 12.5. The fourth-order valence-corrected chi connectivity index (χ4v) is 3.47. The molecule has 3 aromatic rings. The molecule has 0 aliphatic rings. The molecule has 0 aromatic heterocycles. The van der Waals surface area contributed by atoms with Crippen molar-refractivity contribution in [1.29, 1.82) is 0 Å². The zero-order chi connectivity index (χ0) is 26.3. The smallest absolute Gasteiger partial charge is 0.0361 e. The summed E-state index contributed by atoms with van der Waals surface area (Å²) < 4.78 is 0. The third-order valence-electron chi connectivity index (χ3n) is 5.23. The SMILES string of the molecule is CC.CC.CC.CN(C)c1ccc(C(c2ccc(N(C)C)cc2)c2ccc(N(C)C)cc2)cc1. The molecule has 0 heterocycles. The van der Waals surface area contributed by atoms with Gasteiger partial charge in [0.05, 0.1) is 0 Å². The van der Waals surface area contributed by atoms with Gasteiger partial charge in [-0.1, -0.05) is 77.9 Å². The van der Waals surface area contributed by atoms with Crippen molar-refractivity contribution in [2.45, 2.75) is 47.5 Å². The lowest BCUT2D eigenvalue weighted by Gasteiger charge is -2.22. The van der Waals surface area contributed by atoms with Gasteiger partial charge in [-0.05, 0) is 53.1 Å². The lowest BCUT2D eigenvalue weighted by atomic mass is 9.85. The molecule has 0 N–H and O–H groups in total. The van der Waals surface area contributed by atoms with Crippen molar-refractivity contribution in [3.63, 3.8) is 0 Å². The molecule has 0 spiro atoms. The Bertz CT molecular complexity index is 755. The Balaban J connectivity index is 0.00000168. The first-order chi connectivity index (χ1) is 16.4. The monoisotopic (exact) mass is 463 g/mol. The van der Waals surface area contributed by atoms with Gasteiger partial charge in [0.15, 0.2) is 0 Å². The lowest BCUT2D eigenvalue weighted by Crippen LogP contribution is -2.11.